The Hall–Kier alpha value is 0.230. The highest BCUT2D eigenvalue weighted by Crippen LogP contribution is 2.41. The monoisotopic (exact) mass is 287 g/mol. The minimum atomic E-state index is -0.146. The van der Waals surface area contributed by atoms with Crippen LogP contribution in [0.2, 0.25) is 0 Å². The van der Waals surface area contributed by atoms with E-state index < -0.39 is 0 Å². The highest BCUT2D eigenvalue weighted by atomic mass is 32.2. The molecule has 0 amide bonds. The summed E-state index contributed by atoms with van der Waals surface area (Å²) in [7, 11) is 0. The third-order valence-corrected chi connectivity index (χ3v) is 6.00. The molecule has 3 atom stereocenters. The molecule has 0 aromatic heterocycles. The van der Waals surface area contributed by atoms with Crippen molar-refractivity contribution in [3.05, 3.63) is 0 Å². The molecule has 2 fully saturated rings. The van der Waals surface area contributed by atoms with Gasteiger partial charge in [-0.2, -0.15) is 11.8 Å². The molecule has 0 aromatic rings. The number of aliphatic hydroxyl groups excluding tert-OH is 1. The molecule has 0 saturated carbocycles. The van der Waals surface area contributed by atoms with Crippen LogP contribution >= 0.6 is 11.8 Å². The number of hydrogen-bond donors (Lipinski definition) is 1. The van der Waals surface area contributed by atoms with Crippen molar-refractivity contribution in [1.29, 1.82) is 0 Å². The number of rotatable bonds is 6. The van der Waals surface area contributed by atoms with Crippen LogP contribution in [0, 0.1) is 5.92 Å². The summed E-state index contributed by atoms with van der Waals surface area (Å²) in [6.45, 7) is 8.40. The van der Waals surface area contributed by atoms with Gasteiger partial charge in [0.15, 0.2) is 0 Å². The summed E-state index contributed by atoms with van der Waals surface area (Å²) in [4.78, 5) is 2.39. The average molecular weight is 287 g/mol. The molecule has 1 spiro atoms. The third-order valence-electron chi connectivity index (χ3n) is 4.78. The fourth-order valence-corrected chi connectivity index (χ4v) is 4.73. The van der Waals surface area contributed by atoms with E-state index in [1.165, 1.54) is 12.2 Å². The van der Waals surface area contributed by atoms with Crippen molar-refractivity contribution in [3.8, 4) is 0 Å². The van der Waals surface area contributed by atoms with Gasteiger partial charge in [0.05, 0.1) is 11.7 Å². The van der Waals surface area contributed by atoms with Gasteiger partial charge in [-0.1, -0.05) is 13.8 Å². The SMILES string of the molecule is CCN(CC)CCC(O)C1CCOC2(CCSC2)C1. The molecule has 0 aliphatic carbocycles. The molecule has 19 heavy (non-hydrogen) atoms. The third kappa shape index (κ3) is 4.10. The van der Waals surface area contributed by atoms with Crippen molar-refractivity contribution >= 4 is 11.8 Å². The number of hydrogen-bond acceptors (Lipinski definition) is 4. The molecule has 3 nitrogen and oxygen atoms in total. The smallest absolute Gasteiger partial charge is 0.0783 e. The van der Waals surface area contributed by atoms with Gasteiger partial charge in [-0.25, -0.2) is 0 Å². The zero-order valence-corrected chi connectivity index (χ0v) is 13.3. The van der Waals surface area contributed by atoms with Gasteiger partial charge in [0, 0.05) is 18.9 Å². The Labute approximate surface area is 122 Å². The van der Waals surface area contributed by atoms with E-state index in [-0.39, 0.29) is 11.7 Å². The minimum Gasteiger partial charge on any atom is -0.393 e. The van der Waals surface area contributed by atoms with Crippen LogP contribution in [0.15, 0.2) is 0 Å². The van der Waals surface area contributed by atoms with Crippen molar-refractivity contribution in [3.63, 3.8) is 0 Å². The number of ether oxygens (including phenoxy) is 1. The molecular weight excluding hydrogens is 258 g/mol. The van der Waals surface area contributed by atoms with Crippen LogP contribution in [-0.4, -0.2) is 59.5 Å². The molecule has 2 aliphatic rings. The molecule has 3 unspecified atom stereocenters. The maximum absolute atomic E-state index is 10.5. The lowest BCUT2D eigenvalue weighted by Gasteiger charge is -2.39. The van der Waals surface area contributed by atoms with Gasteiger partial charge in [0.25, 0.3) is 0 Å². The second kappa shape index (κ2) is 7.30. The standard InChI is InChI=1S/C15H29NO2S/c1-3-16(4-2)8-5-14(17)13-6-9-18-15(11-13)7-10-19-12-15/h13-14,17H,3-12H2,1-2H3. The van der Waals surface area contributed by atoms with Crippen molar-refractivity contribution in [2.24, 2.45) is 5.92 Å². The summed E-state index contributed by atoms with van der Waals surface area (Å²) in [5.74, 6) is 2.80. The molecular formula is C15H29NO2S. The maximum Gasteiger partial charge on any atom is 0.0783 e. The Kier molecular flexibility index (Phi) is 6.00. The van der Waals surface area contributed by atoms with E-state index in [4.69, 9.17) is 4.74 Å². The summed E-state index contributed by atoms with van der Waals surface area (Å²) < 4.78 is 6.03. The summed E-state index contributed by atoms with van der Waals surface area (Å²) in [6.07, 6.45) is 4.05. The Balaban J connectivity index is 1.80. The number of aliphatic hydroxyl groups is 1. The fourth-order valence-electron chi connectivity index (χ4n) is 3.35. The molecule has 1 N–H and O–H groups in total. The molecule has 4 heteroatoms. The second-order valence-electron chi connectivity index (χ2n) is 5.97. The summed E-state index contributed by atoms with van der Waals surface area (Å²) >= 11 is 2.00. The summed E-state index contributed by atoms with van der Waals surface area (Å²) in [5, 5.41) is 10.5. The molecule has 2 heterocycles. The van der Waals surface area contributed by atoms with Gasteiger partial charge in [-0.15, -0.1) is 0 Å². The first-order valence-corrected chi connectivity index (χ1v) is 8.96. The Morgan fingerprint density at radius 1 is 1.42 bits per heavy atom. The first-order chi connectivity index (χ1) is 9.19. The largest absolute Gasteiger partial charge is 0.393 e. The lowest BCUT2D eigenvalue weighted by Crippen LogP contribution is -2.43. The van der Waals surface area contributed by atoms with Gasteiger partial charge in [0.2, 0.25) is 0 Å². The zero-order chi connectivity index (χ0) is 13.7. The van der Waals surface area contributed by atoms with E-state index in [1.54, 1.807) is 0 Å². The topological polar surface area (TPSA) is 32.7 Å². The first-order valence-electron chi connectivity index (χ1n) is 7.81. The fraction of sp³-hybridized carbons (Fsp3) is 1.00. The van der Waals surface area contributed by atoms with Crippen LogP contribution in [0.5, 0.6) is 0 Å². The van der Waals surface area contributed by atoms with Gasteiger partial charge in [0.1, 0.15) is 0 Å². The van der Waals surface area contributed by atoms with Gasteiger partial charge in [-0.05, 0) is 50.4 Å². The van der Waals surface area contributed by atoms with Crippen LogP contribution in [0.25, 0.3) is 0 Å². The second-order valence-corrected chi connectivity index (χ2v) is 7.08. The lowest BCUT2D eigenvalue weighted by molar-refractivity contribution is -0.102. The van der Waals surface area contributed by atoms with Gasteiger partial charge < -0.3 is 14.7 Å². The molecule has 2 saturated heterocycles. The van der Waals surface area contributed by atoms with E-state index >= 15 is 0 Å². The predicted molar refractivity (Wildman–Crippen MR) is 81.8 cm³/mol. The van der Waals surface area contributed by atoms with Crippen LogP contribution < -0.4 is 0 Å². The predicted octanol–water partition coefficient (Wildman–Crippen LogP) is 2.38. The highest BCUT2D eigenvalue weighted by Gasteiger charge is 2.42. The van der Waals surface area contributed by atoms with Crippen molar-refractivity contribution < 1.29 is 9.84 Å². The average Bonchev–Trinajstić information content (AvgIpc) is 2.87. The number of nitrogens with zero attached hydrogens (tertiary/aromatic N) is 1. The van der Waals surface area contributed by atoms with Crippen LogP contribution in [0.3, 0.4) is 0 Å². The molecule has 2 rings (SSSR count). The Morgan fingerprint density at radius 3 is 2.84 bits per heavy atom. The molecule has 0 radical (unpaired) electrons. The van der Waals surface area contributed by atoms with Crippen LogP contribution in [0.1, 0.15) is 39.5 Å². The van der Waals surface area contributed by atoms with Gasteiger partial charge in [-0.3, -0.25) is 0 Å². The van der Waals surface area contributed by atoms with E-state index in [0.717, 1.165) is 51.3 Å². The van der Waals surface area contributed by atoms with E-state index in [1.807, 2.05) is 11.8 Å². The van der Waals surface area contributed by atoms with Crippen LogP contribution in [-0.2, 0) is 4.74 Å². The van der Waals surface area contributed by atoms with E-state index in [2.05, 4.69) is 18.7 Å². The Morgan fingerprint density at radius 2 is 2.21 bits per heavy atom. The van der Waals surface area contributed by atoms with Crippen molar-refractivity contribution in [2.45, 2.75) is 51.2 Å². The molecule has 0 aromatic carbocycles. The quantitative estimate of drug-likeness (QED) is 0.813. The van der Waals surface area contributed by atoms with Crippen LogP contribution in [0.4, 0.5) is 0 Å². The minimum absolute atomic E-state index is 0.101. The normalized spacial score (nSPS) is 33.2. The summed E-state index contributed by atoms with van der Waals surface area (Å²) in [5.41, 5.74) is 0.101. The zero-order valence-electron chi connectivity index (χ0n) is 12.4. The van der Waals surface area contributed by atoms with Crippen molar-refractivity contribution in [1.82, 2.24) is 4.90 Å². The number of thioether (sulfide) groups is 1. The molecule has 2 aliphatic heterocycles. The molecule has 112 valence electrons. The highest BCUT2D eigenvalue weighted by molar-refractivity contribution is 7.99. The lowest BCUT2D eigenvalue weighted by atomic mass is 9.81. The Bertz CT molecular complexity index is 265. The first kappa shape index (κ1) is 15.6. The summed E-state index contributed by atoms with van der Waals surface area (Å²) in [6, 6.07) is 0. The molecule has 0 bridgehead atoms. The van der Waals surface area contributed by atoms with Gasteiger partial charge >= 0.3 is 0 Å². The van der Waals surface area contributed by atoms with E-state index in [9.17, 15) is 5.11 Å². The van der Waals surface area contributed by atoms with E-state index in [0.29, 0.717) is 5.92 Å². The maximum atomic E-state index is 10.5. The van der Waals surface area contributed by atoms with Crippen molar-refractivity contribution in [2.75, 3.05) is 37.7 Å².